The Bertz CT molecular complexity index is 1250. The minimum absolute atomic E-state index is 0.232. The fourth-order valence-electron chi connectivity index (χ4n) is 3.06. The third-order valence-corrected chi connectivity index (χ3v) is 5.57. The molecule has 0 bridgehead atoms. The molecule has 0 aliphatic carbocycles. The first-order valence-corrected chi connectivity index (χ1v) is 13.5. The number of hydrogen-bond acceptors (Lipinski definition) is 10. The Hall–Kier alpha value is -2.73. The van der Waals surface area contributed by atoms with Crippen molar-refractivity contribution in [1.29, 1.82) is 0 Å². The minimum Gasteiger partial charge on any atom is -0.472 e. The Kier molecular flexibility index (Phi) is 6.84. The first kappa shape index (κ1) is 23.4. The number of aromatic nitrogens is 4. The molecule has 0 amide bonds. The van der Waals surface area contributed by atoms with Gasteiger partial charge in [0.1, 0.15) is 16.5 Å². The maximum Gasteiger partial charge on any atom is 0.488 e. The molecular formula is C18H20ClFN7O4PS. The second-order valence-electron chi connectivity index (χ2n) is 7.10. The Balaban J connectivity index is 1.58. The van der Waals surface area contributed by atoms with Crippen molar-refractivity contribution >= 4 is 53.5 Å². The van der Waals surface area contributed by atoms with E-state index in [1.54, 1.807) is 0 Å². The van der Waals surface area contributed by atoms with Crippen LogP contribution >= 0.6 is 19.7 Å². The van der Waals surface area contributed by atoms with Crippen LogP contribution in [0, 0.1) is 0 Å². The number of nitrogens with zero attached hydrogens (tertiary/aromatic N) is 4. The van der Waals surface area contributed by atoms with Crippen LogP contribution in [-0.2, 0) is 23.6 Å². The molecule has 0 atom stereocenters. The third-order valence-electron chi connectivity index (χ3n) is 4.34. The van der Waals surface area contributed by atoms with Crippen LogP contribution in [0.2, 0.25) is 5.02 Å². The molecule has 1 aromatic carbocycles. The van der Waals surface area contributed by atoms with E-state index in [0.717, 1.165) is 25.3 Å². The van der Waals surface area contributed by atoms with Crippen molar-refractivity contribution in [2.75, 3.05) is 30.5 Å². The molecule has 1 aliphatic heterocycles. The second kappa shape index (κ2) is 9.64. The van der Waals surface area contributed by atoms with Gasteiger partial charge in [0, 0.05) is 25.2 Å². The second-order valence-corrected chi connectivity index (χ2v) is 10.3. The van der Waals surface area contributed by atoms with Crippen LogP contribution in [0.3, 0.4) is 0 Å². The van der Waals surface area contributed by atoms with Gasteiger partial charge in [-0.2, -0.15) is 18.5 Å². The number of anilines is 4. The van der Waals surface area contributed by atoms with Gasteiger partial charge in [0.25, 0.3) is 0 Å². The van der Waals surface area contributed by atoms with Gasteiger partial charge in [-0.15, -0.1) is 0 Å². The van der Waals surface area contributed by atoms with Crippen molar-refractivity contribution in [1.82, 2.24) is 25.1 Å². The molecule has 15 heteroatoms. The summed E-state index contributed by atoms with van der Waals surface area (Å²) in [6.07, 6.45) is 1.43. The Morgan fingerprint density at radius 3 is 2.82 bits per heavy atom. The highest BCUT2D eigenvalue weighted by Crippen LogP contribution is 2.40. The molecule has 3 N–H and O–H groups in total. The Morgan fingerprint density at radius 2 is 2.09 bits per heavy atom. The molecule has 4 rings (SSSR count). The number of hydrogen-bond donors (Lipinski definition) is 3. The molecule has 0 saturated carbocycles. The Morgan fingerprint density at radius 1 is 1.27 bits per heavy atom. The SMILES string of the molecule is CP(C)Oc1cc(OS(=O)(=O)F)ccc1Nc1nc(Nc2cc3n(n2)CCNC3)ncc1Cl. The summed E-state index contributed by atoms with van der Waals surface area (Å²) < 4.78 is 46.5. The predicted octanol–water partition coefficient (Wildman–Crippen LogP) is 3.55. The van der Waals surface area contributed by atoms with Gasteiger partial charge in [-0.05, 0) is 25.5 Å². The number of halogens is 2. The lowest BCUT2D eigenvalue weighted by Crippen LogP contribution is -2.28. The van der Waals surface area contributed by atoms with E-state index in [-0.39, 0.29) is 28.3 Å². The predicted molar refractivity (Wildman–Crippen MR) is 124 cm³/mol. The van der Waals surface area contributed by atoms with Crippen molar-refractivity contribution in [3.63, 3.8) is 0 Å². The van der Waals surface area contributed by atoms with Gasteiger partial charge in [-0.25, -0.2) is 4.98 Å². The molecule has 11 nitrogen and oxygen atoms in total. The van der Waals surface area contributed by atoms with Crippen LogP contribution in [-0.4, -0.2) is 48.0 Å². The van der Waals surface area contributed by atoms with Gasteiger partial charge in [0.15, 0.2) is 11.6 Å². The number of nitrogens with one attached hydrogen (secondary N) is 3. The van der Waals surface area contributed by atoms with E-state index in [1.165, 1.54) is 24.4 Å². The summed E-state index contributed by atoms with van der Waals surface area (Å²) in [5.41, 5.74) is 1.47. The van der Waals surface area contributed by atoms with Crippen LogP contribution in [0.1, 0.15) is 5.69 Å². The lowest BCUT2D eigenvalue weighted by atomic mass is 10.2. The number of benzene rings is 1. The van der Waals surface area contributed by atoms with Gasteiger partial charge < -0.3 is 24.7 Å². The maximum absolute atomic E-state index is 12.9. The average molecular weight is 516 g/mol. The molecule has 3 aromatic rings. The highest BCUT2D eigenvalue weighted by Gasteiger charge is 2.17. The molecule has 3 heterocycles. The topological polar surface area (TPSA) is 132 Å². The van der Waals surface area contributed by atoms with Crippen LogP contribution in [0.25, 0.3) is 0 Å². The highest BCUT2D eigenvalue weighted by molar-refractivity contribution is 7.81. The normalized spacial score (nSPS) is 13.5. The van der Waals surface area contributed by atoms with Crippen molar-refractivity contribution in [3.8, 4) is 11.5 Å². The van der Waals surface area contributed by atoms with Gasteiger partial charge >= 0.3 is 10.5 Å². The monoisotopic (exact) mass is 515 g/mol. The van der Waals surface area contributed by atoms with Crippen molar-refractivity contribution < 1.29 is 21.0 Å². The lowest BCUT2D eigenvalue weighted by molar-refractivity contribution is 0.439. The zero-order valence-corrected chi connectivity index (χ0v) is 20.0. The summed E-state index contributed by atoms with van der Waals surface area (Å²) in [6.45, 7) is 6.04. The molecule has 1 aliphatic rings. The number of rotatable bonds is 8. The van der Waals surface area contributed by atoms with Gasteiger partial charge in [-0.3, -0.25) is 4.68 Å². The molecule has 0 radical (unpaired) electrons. The summed E-state index contributed by atoms with van der Waals surface area (Å²) in [5, 5.41) is 14.1. The Labute approximate surface area is 195 Å². The molecule has 176 valence electrons. The van der Waals surface area contributed by atoms with Gasteiger partial charge in [-0.1, -0.05) is 15.5 Å². The van der Waals surface area contributed by atoms with E-state index in [4.69, 9.17) is 16.1 Å². The third kappa shape index (κ3) is 6.20. The first-order chi connectivity index (χ1) is 15.7. The fraction of sp³-hybridized carbons (Fsp3) is 0.278. The standard InChI is InChI=1S/C18H20ClFN7O4PS/c1-32(2)30-15-8-12(31-33(20,28)29)3-4-14(15)23-17-13(19)10-22-18(25-17)24-16-7-11-9-21-5-6-27(11)26-16/h3-4,7-8,10,21H,5-6,9H2,1-2H3,(H2,22,23,24,25,26). The molecule has 0 saturated heterocycles. The smallest absolute Gasteiger partial charge is 0.472 e. The van der Waals surface area contributed by atoms with E-state index in [1.807, 2.05) is 24.1 Å². The number of fused-ring (bicyclic) bond motifs is 1. The van der Waals surface area contributed by atoms with Crippen LogP contribution in [0.15, 0.2) is 30.5 Å². The highest BCUT2D eigenvalue weighted by atomic mass is 35.5. The molecule has 2 aromatic heterocycles. The molecule has 33 heavy (non-hydrogen) atoms. The average Bonchev–Trinajstić information content (AvgIpc) is 3.13. The largest absolute Gasteiger partial charge is 0.488 e. The zero-order valence-electron chi connectivity index (χ0n) is 17.5. The summed E-state index contributed by atoms with van der Waals surface area (Å²) >= 11 is 6.27. The summed E-state index contributed by atoms with van der Waals surface area (Å²) in [7, 11) is -6.06. The molecular weight excluding hydrogens is 496 g/mol. The van der Waals surface area contributed by atoms with Crippen molar-refractivity contribution in [3.05, 3.63) is 41.2 Å². The fourth-order valence-corrected chi connectivity index (χ4v) is 4.07. The quantitative estimate of drug-likeness (QED) is 0.302. The van der Waals surface area contributed by atoms with E-state index in [9.17, 15) is 12.3 Å². The van der Waals surface area contributed by atoms with E-state index >= 15 is 0 Å². The van der Waals surface area contributed by atoms with E-state index in [2.05, 4.69) is 35.2 Å². The van der Waals surface area contributed by atoms with Gasteiger partial charge in [0.05, 0.1) is 32.3 Å². The summed E-state index contributed by atoms with van der Waals surface area (Å²) in [6, 6.07) is 5.92. The summed E-state index contributed by atoms with van der Waals surface area (Å²) in [4.78, 5) is 8.60. The van der Waals surface area contributed by atoms with Crippen molar-refractivity contribution in [2.45, 2.75) is 13.1 Å². The van der Waals surface area contributed by atoms with Gasteiger partial charge in [0.2, 0.25) is 5.95 Å². The lowest BCUT2D eigenvalue weighted by Gasteiger charge is -2.16. The van der Waals surface area contributed by atoms with E-state index < -0.39 is 18.7 Å². The zero-order chi connectivity index (χ0) is 23.6. The first-order valence-electron chi connectivity index (χ1n) is 9.64. The summed E-state index contributed by atoms with van der Waals surface area (Å²) in [5.74, 6) is 1.15. The molecule has 0 unspecified atom stereocenters. The van der Waals surface area contributed by atoms with Crippen LogP contribution in [0.5, 0.6) is 11.5 Å². The molecule has 0 spiro atoms. The minimum atomic E-state index is -5.17. The van der Waals surface area contributed by atoms with Crippen LogP contribution < -0.4 is 24.7 Å². The van der Waals surface area contributed by atoms with Crippen LogP contribution in [0.4, 0.5) is 27.2 Å². The van der Waals surface area contributed by atoms with Crippen molar-refractivity contribution in [2.24, 2.45) is 0 Å². The molecule has 0 fully saturated rings. The maximum atomic E-state index is 12.9. The van der Waals surface area contributed by atoms with E-state index in [0.29, 0.717) is 11.5 Å².